The van der Waals surface area contributed by atoms with Crippen LogP contribution in [0.3, 0.4) is 0 Å². The number of fused-ring (bicyclic) bond motifs is 1. The lowest BCUT2D eigenvalue weighted by Crippen LogP contribution is -2.48. The summed E-state index contributed by atoms with van der Waals surface area (Å²) in [5.74, 6) is -0.221. The standard InChI is InChI=1S/C27H36N4O5/c1-6-9-25(32)29-20-11-12-23-21(14-20)26(33)30(4)16-24(35-5)18(2)15-31(19(3)17-36-23)27(34)22-10-7-8-13-28-22/h7-8,10-14,18-19,24H,6,9,15-17H2,1-5H3,(H,29,32)/t18-,19-,24-/m1/s1. The molecule has 1 aliphatic rings. The molecule has 1 aromatic carbocycles. The fourth-order valence-corrected chi connectivity index (χ4v) is 4.22. The highest BCUT2D eigenvalue weighted by Crippen LogP contribution is 2.27. The van der Waals surface area contributed by atoms with E-state index >= 15 is 0 Å². The number of hydrogen-bond donors (Lipinski definition) is 1. The first-order valence-corrected chi connectivity index (χ1v) is 12.3. The van der Waals surface area contributed by atoms with Gasteiger partial charge >= 0.3 is 0 Å². The third-order valence-corrected chi connectivity index (χ3v) is 6.35. The smallest absolute Gasteiger partial charge is 0.272 e. The number of nitrogens with zero attached hydrogens (tertiary/aromatic N) is 3. The highest BCUT2D eigenvalue weighted by molar-refractivity contribution is 5.99. The SMILES string of the molecule is CCCC(=O)Nc1ccc2c(c1)C(=O)N(C)C[C@@H](OC)[C@H](C)CN(C(=O)c1ccccn1)[C@H](C)CO2. The van der Waals surface area contributed by atoms with Crippen LogP contribution < -0.4 is 10.1 Å². The monoisotopic (exact) mass is 496 g/mol. The maximum atomic E-state index is 13.4. The molecule has 0 radical (unpaired) electrons. The maximum Gasteiger partial charge on any atom is 0.272 e. The van der Waals surface area contributed by atoms with Gasteiger partial charge in [0.25, 0.3) is 11.8 Å². The van der Waals surface area contributed by atoms with E-state index in [1.807, 2.05) is 20.8 Å². The Bertz CT molecular complexity index is 1060. The number of amides is 3. The second-order valence-corrected chi connectivity index (χ2v) is 9.28. The van der Waals surface area contributed by atoms with Gasteiger partial charge in [-0.15, -0.1) is 0 Å². The van der Waals surface area contributed by atoms with Crippen LogP contribution >= 0.6 is 0 Å². The Morgan fingerprint density at radius 2 is 1.97 bits per heavy atom. The maximum absolute atomic E-state index is 13.4. The van der Waals surface area contributed by atoms with Crippen LogP contribution in [-0.4, -0.2) is 78.5 Å². The molecule has 3 atom stereocenters. The van der Waals surface area contributed by atoms with Crippen molar-refractivity contribution in [1.82, 2.24) is 14.8 Å². The number of likely N-dealkylation sites (N-methyl/N-ethyl adjacent to an activating group) is 1. The molecular formula is C27H36N4O5. The number of rotatable bonds is 5. The van der Waals surface area contributed by atoms with Crippen LogP contribution in [-0.2, 0) is 9.53 Å². The average molecular weight is 497 g/mol. The molecule has 0 saturated heterocycles. The van der Waals surface area contributed by atoms with E-state index in [2.05, 4.69) is 10.3 Å². The zero-order valence-corrected chi connectivity index (χ0v) is 21.7. The van der Waals surface area contributed by atoms with Crippen LogP contribution in [0, 0.1) is 5.92 Å². The number of anilines is 1. The van der Waals surface area contributed by atoms with E-state index in [1.165, 1.54) is 0 Å². The molecule has 0 saturated carbocycles. The van der Waals surface area contributed by atoms with Crippen molar-refractivity contribution in [2.45, 2.75) is 45.8 Å². The van der Waals surface area contributed by atoms with Gasteiger partial charge in [-0.2, -0.15) is 0 Å². The summed E-state index contributed by atoms with van der Waals surface area (Å²) in [5.41, 5.74) is 1.23. The van der Waals surface area contributed by atoms with Crippen LogP contribution in [0.1, 0.15) is 54.5 Å². The lowest BCUT2D eigenvalue weighted by atomic mass is 10.0. The lowest BCUT2D eigenvalue weighted by Gasteiger charge is -2.36. The molecule has 36 heavy (non-hydrogen) atoms. The fourth-order valence-electron chi connectivity index (χ4n) is 4.22. The third-order valence-electron chi connectivity index (χ3n) is 6.35. The molecule has 0 fully saturated rings. The molecule has 3 amide bonds. The summed E-state index contributed by atoms with van der Waals surface area (Å²) in [7, 11) is 3.32. The predicted octanol–water partition coefficient (Wildman–Crippen LogP) is 3.47. The number of methoxy groups -OCH3 is 1. The van der Waals surface area contributed by atoms with Crippen LogP contribution in [0.4, 0.5) is 5.69 Å². The first-order chi connectivity index (χ1) is 17.2. The van der Waals surface area contributed by atoms with Crippen molar-refractivity contribution in [3.05, 3.63) is 53.9 Å². The Kier molecular flexibility index (Phi) is 9.41. The second kappa shape index (κ2) is 12.5. The van der Waals surface area contributed by atoms with Gasteiger partial charge in [-0.05, 0) is 43.7 Å². The van der Waals surface area contributed by atoms with Crippen molar-refractivity contribution in [2.24, 2.45) is 5.92 Å². The molecule has 1 N–H and O–H groups in total. The number of benzene rings is 1. The van der Waals surface area contributed by atoms with Crippen molar-refractivity contribution >= 4 is 23.4 Å². The number of aromatic nitrogens is 1. The molecule has 0 bridgehead atoms. The number of pyridine rings is 1. The van der Waals surface area contributed by atoms with Crippen LogP contribution in [0.5, 0.6) is 5.75 Å². The van der Waals surface area contributed by atoms with E-state index in [0.717, 1.165) is 6.42 Å². The summed E-state index contributed by atoms with van der Waals surface area (Å²) in [6.07, 6.45) is 2.41. The van der Waals surface area contributed by atoms with Gasteiger partial charge in [-0.3, -0.25) is 19.4 Å². The van der Waals surface area contributed by atoms with Crippen molar-refractivity contribution in [2.75, 3.05) is 39.2 Å². The topological polar surface area (TPSA) is 101 Å². The quantitative estimate of drug-likeness (QED) is 0.680. The van der Waals surface area contributed by atoms with Gasteiger partial charge in [-0.1, -0.05) is 19.9 Å². The summed E-state index contributed by atoms with van der Waals surface area (Å²) < 4.78 is 11.8. The number of nitrogens with one attached hydrogen (secondary N) is 1. The Morgan fingerprint density at radius 1 is 1.19 bits per heavy atom. The van der Waals surface area contributed by atoms with Crippen molar-refractivity contribution in [3.8, 4) is 5.75 Å². The Hall–Kier alpha value is -3.46. The molecular weight excluding hydrogens is 460 g/mol. The Morgan fingerprint density at radius 3 is 2.64 bits per heavy atom. The molecule has 194 valence electrons. The third kappa shape index (κ3) is 6.60. The molecule has 1 aliphatic heterocycles. The minimum absolute atomic E-state index is 0.0704. The summed E-state index contributed by atoms with van der Waals surface area (Å²) in [6, 6.07) is 9.98. The zero-order chi connectivity index (χ0) is 26.2. The average Bonchev–Trinajstić information content (AvgIpc) is 2.88. The van der Waals surface area contributed by atoms with Crippen LogP contribution in [0.15, 0.2) is 42.6 Å². The van der Waals surface area contributed by atoms with Gasteiger partial charge in [-0.25, -0.2) is 0 Å². The number of carbonyl (C=O) groups is 3. The predicted molar refractivity (Wildman–Crippen MR) is 137 cm³/mol. The first-order valence-electron chi connectivity index (χ1n) is 12.3. The van der Waals surface area contributed by atoms with E-state index < -0.39 is 0 Å². The van der Waals surface area contributed by atoms with E-state index in [1.54, 1.807) is 66.6 Å². The highest BCUT2D eigenvalue weighted by atomic mass is 16.5. The Balaban J connectivity index is 1.96. The van der Waals surface area contributed by atoms with E-state index in [-0.39, 0.29) is 42.4 Å². The minimum atomic E-state index is -0.304. The van der Waals surface area contributed by atoms with Gasteiger partial charge in [0.05, 0.1) is 17.7 Å². The zero-order valence-electron chi connectivity index (χ0n) is 21.7. The highest BCUT2D eigenvalue weighted by Gasteiger charge is 2.31. The molecule has 9 heteroatoms. The minimum Gasteiger partial charge on any atom is -0.491 e. The molecule has 0 unspecified atom stereocenters. The molecule has 3 rings (SSSR count). The molecule has 2 heterocycles. The summed E-state index contributed by atoms with van der Waals surface area (Å²) in [4.78, 5) is 46.5. The van der Waals surface area contributed by atoms with Gasteiger partial charge in [0.1, 0.15) is 18.1 Å². The molecule has 0 spiro atoms. The van der Waals surface area contributed by atoms with Crippen LogP contribution in [0.25, 0.3) is 0 Å². The van der Waals surface area contributed by atoms with Crippen molar-refractivity contribution in [3.63, 3.8) is 0 Å². The fraction of sp³-hybridized carbons (Fsp3) is 0.481. The Labute approximate surface area is 212 Å². The first kappa shape index (κ1) is 27.1. The van der Waals surface area contributed by atoms with Crippen molar-refractivity contribution in [1.29, 1.82) is 0 Å². The molecule has 1 aromatic heterocycles. The second-order valence-electron chi connectivity index (χ2n) is 9.28. The van der Waals surface area contributed by atoms with Crippen molar-refractivity contribution < 1.29 is 23.9 Å². The van der Waals surface area contributed by atoms with Gasteiger partial charge in [0, 0.05) is 51.5 Å². The number of ether oxygens (including phenoxy) is 2. The summed E-state index contributed by atoms with van der Waals surface area (Å²) in [5, 5.41) is 2.84. The van der Waals surface area contributed by atoms with E-state index in [4.69, 9.17) is 9.47 Å². The molecule has 2 aromatic rings. The summed E-state index contributed by atoms with van der Waals surface area (Å²) >= 11 is 0. The van der Waals surface area contributed by atoms with E-state index in [0.29, 0.717) is 42.2 Å². The lowest BCUT2D eigenvalue weighted by molar-refractivity contribution is -0.116. The molecule has 0 aliphatic carbocycles. The van der Waals surface area contributed by atoms with Gasteiger partial charge in [0.2, 0.25) is 5.91 Å². The summed E-state index contributed by atoms with van der Waals surface area (Å²) in [6.45, 7) is 6.75. The molecule has 9 nitrogen and oxygen atoms in total. The normalized spacial score (nSPS) is 21.0. The van der Waals surface area contributed by atoms with Gasteiger partial charge < -0.3 is 24.6 Å². The van der Waals surface area contributed by atoms with Gasteiger partial charge in [0.15, 0.2) is 0 Å². The van der Waals surface area contributed by atoms with E-state index in [9.17, 15) is 14.4 Å². The number of carbonyl (C=O) groups excluding carboxylic acids is 3. The van der Waals surface area contributed by atoms with Crippen LogP contribution in [0.2, 0.25) is 0 Å². The number of hydrogen-bond acceptors (Lipinski definition) is 6. The largest absolute Gasteiger partial charge is 0.491 e.